The van der Waals surface area contributed by atoms with E-state index in [9.17, 15) is 14.4 Å². The van der Waals surface area contributed by atoms with E-state index in [0.717, 1.165) is 21.8 Å². The number of hydrogen-bond acceptors (Lipinski definition) is 6. The van der Waals surface area contributed by atoms with Gasteiger partial charge in [0.05, 0.1) is 18.6 Å². The van der Waals surface area contributed by atoms with Crippen LogP contribution >= 0.6 is 39.3 Å². The zero-order chi connectivity index (χ0) is 21.0. The number of nitrogens with zero attached hydrogens (tertiary/aromatic N) is 1. The second-order valence-electron chi connectivity index (χ2n) is 5.94. The zero-order valence-electron chi connectivity index (χ0n) is 15.2. The number of benzene rings is 2. The van der Waals surface area contributed by atoms with Gasteiger partial charge >= 0.3 is 5.97 Å². The quantitative estimate of drug-likeness (QED) is 0.419. The average molecular weight is 497 g/mol. The molecule has 0 N–H and O–H groups in total. The Kier molecular flexibility index (Phi) is 7.00. The molecule has 0 bridgehead atoms. The van der Waals surface area contributed by atoms with E-state index in [4.69, 9.17) is 16.3 Å². The maximum atomic E-state index is 12.8. The molecule has 2 amide bonds. The highest BCUT2D eigenvalue weighted by molar-refractivity contribution is 9.10. The lowest BCUT2D eigenvalue weighted by Gasteiger charge is -2.12. The molecule has 1 aliphatic rings. The first-order valence-electron chi connectivity index (χ1n) is 8.36. The molecule has 1 heterocycles. The Labute approximate surface area is 184 Å². The molecular weight excluding hydrogens is 482 g/mol. The Balaban J connectivity index is 1.82. The maximum Gasteiger partial charge on any atom is 0.343 e. The smallest absolute Gasteiger partial charge is 0.343 e. The predicted octanol–water partition coefficient (Wildman–Crippen LogP) is 4.89. The van der Waals surface area contributed by atoms with Gasteiger partial charge in [-0.25, -0.2) is 4.79 Å². The molecule has 0 saturated carbocycles. The number of imide groups is 1. The molecule has 0 unspecified atom stereocenters. The summed E-state index contributed by atoms with van der Waals surface area (Å²) in [6.07, 6.45) is 1.57. The summed E-state index contributed by atoms with van der Waals surface area (Å²) < 4.78 is 10.8. The third-order valence-corrected chi connectivity index (χ3v) is 5.61. The van der Waals surface area contributed by atoms with E-state index >= 15 is 0 Å². The topological polar surface area (TPSA) is 72.9 Å². The molecule has 0 spiro atoms. The summed E-state index contributed by atoms with van der Waals surface area (Å²) in [6.45, 7) is -0.111. The van der Waals surface area contributed by atoms with E-state index < -0.39 is 11.9 Å². The normalized spacial score (nSPS) is 15.1. The standard InChI is InChI=1S/C20H15BrClNO5S/c1-27-18(24)11-28-16-7-4-14(21)8-13(16)9-17-19(25)23(20(26)29-17)10-12-2-5-15(22)6-3-12/h2-9H,10-11H2,1H3/b17-9-. The molecule has 0 aromatic heterocycles. The van der Waals surface area contributed by atoms with Crippen molar-refractivity contribution < 1.29 is 23.9 Å². The summed E-state index contributed by atoms with van der Waals surface area (Å²) in [5.41, 5.74) is 1.35. The molecule has 1 saturated heterocycles. The van der Waals surface area contributed by atoms with E-state index in [1.54, 1.807) is 48.5 Å². The van der Waals surface area contributed by atoms with Gasteiger partial charge in [0.25, 0.3) is 11.1 Å². The van der Waals surface area contributed by atoms with Crippen molar-refractivity contribution in [3.05, 3.63) is 68.0 Å². The third-order valence-electron chi connectivity index (χ3n) is 3.96. The zero-order valence-corrected chi connectivity index (χ0v) is 18.3. The second-order valence-corrected chi connectivity index (χ2v) is 8.29. The van der Waals surface area contributed by atoms with Gasteiger partial charge in [-0.3, -0.25) is 14.5 Å². The van der Waals surface area contributed by atoms with Crippen LogP contribution in [-0.2, 0) is 20.9 Å². The van der Waals surface area contributed by atoms with Gasteiger partial charge in [0.2, 0.25) is 0 Å². The monoisotopic (exact) mass is 495 g/mol. The van der Waals surface area contributed by atoms with Crippen molar-refractivity contribution in [2.45, 2.75) is 6.54 Å². The number of carbonyl (C=O) groups excluding carboxylic acids is 3. The summed E-state index contributed by atoms with van der Waals surface area (Å²) in [5, 5.41) is 0.222. The number of carbonyl (C=O) groups is 3. The number of esters is 1. The Hall–Kier alpha value is -2.29. The molecule has 1 aliphatic heterocycles. The second kappa shape index (κ2) is 9.47. The molecule has 9 heteroatoms. The van der Waals surface area contributed by atoms with Gasteiger partial charge in [-0.1, -0.05) is 39.7 Å². The number of methoxy groups -OCH3 is 1. The van der Waals surface area contributed by atoms with Crippen LogP contribution in [0.3, 0.4) is 0 Å². The van der Waals surface area contributed by atoms with Gasteiger partial charge in [-0.15, -0.1) is 0 Å². The molecule has 0 aliphatic carbocycles. The molecule has 6 nitrogen and oxygen atoms in total. The number of amides is 2. The Bertz CT molecular complexity index is 993. The number of hydrogen-bond donors (Lipinski definition) is 0. The maximum absolute atomic E-state index is 12.8. The largest absolute Gasteiger partial charge is 0.481 e. The van der Waals surface area contributed by atoms with Crippen molar-refractivity contribution in [1.82, 2.24) is 4.90 Å². The van der Waals surface area contributed by atoms with Crippen LogP contribution in [0.15, 0.2) is 51.8 Å². The number of thioether (sulfide) groups is 1. The van der Waals surface area contributed by atoms with Crippen molar-refractivity contribution >= 4 is 62.5 Å². The molecule has 29 heavy (non-hydrogen) atoms. The van der Waals surface area contributed by atoms with E-state index in [1.807, 2.05) is 0 Å². The summed E-state index contributed by atoms with van der Waals surface area (Å²) in [5.74, 6) is -0.529. The van der Waals surface area contributed by atoms with Crippen LogP contribution < -0.4 is 4.74 Å². The number of halogens is 2. The molecule has 0 atom stereocenters. The van der Waals surface area contributed by atoms with E-state index in [0.29, 0.717) is 16.3 Å². The number of ether oxygens (including phenoxy) is 2. The van der Waals surface area contributed by atoms with Crippen LogP contribution in [0.5, 0.6) is 5.75 Å². The third kappa shape index (κ3) is 5.41. The lowest BCUT2D eigenvalue weighted by atomic mass is 10.1. The van der Waals surface area contributed by atoms with Gasteiger partial charge in [0, 0.05) is 15.1 Å². The van der Waals surface area contributed by atoms with Crippen molar-refractivity contribution in [2.75, 3.05) is 13.7 Å². The highest BCUT2D eigenvalue weighted by Crippen LogP contribution is 2.35. The molecular formula is C20H15BrClNO5S. The van der Waals surface area contributed by atoms with E-state index in [2.05, 4.69) is 20.7 Å². The summed E-state index contributed by atoms with van der Waals surface area (Å²) >= 11 is 10.1. The molecule has 150 valence electrons. The Morgan fingerprint density at radius 2 is 1.93 bits per heavy atom. The van der Waals surface area contributed by atoms with Crippen LogP contribution in [0.25, 0.3) is 6.08 Å². The predicted molar refractivity (Wildman–Crippen MR) is 115 cm³/mol. The lowest BCUT2D eigenvalue weighted by molar-refractivity contribution is -0.142. The van der Waals surface area contributed by atoms with Gasteiger partial charge in [0.15, 0.2) is 6.61 Å². The Morgan fingerprint density at radius 1 is 1.21 bits per heavy atom. The van der Waals surface area contributed by atoms with Gasteiger partial charge in [-0.2, -0.15) is 0 Å². The van der Waals surface area contributed by atoms with Crippen LogP contribution in [0, 0.1) is 0 Å². The average Bonchev–Trinajstić information content (AvgIpc) is 2.96. The van der Waals surface area contributed by atoms with Crippen molar-refractivity contribution in [2.24, 2.45) is 0 Å². The first kappa shape index (κ1) is 21.4. The molecule has 0 radical (unpaired) electrons. The first-order valence-corrected chi connectivity index (χ1v) is 10.3. The first-order chi connectivity index (χ1) is 13.9. The summed E-state index contributed by atoms with van der Waals surface area (Å²) in [7, 11) is 1.27. The van der Waals surface area contributed by atoms with Gasteiger partial charge in [-0.05, 0) is 53.7 Å². The van der Waals surface area contributed by atoms with Crippen LogP contribution in [-0.4, -0.2) is 35.7 Å². The van der Waals surface area contributed by atoms with E-state index in [-0.39, 0.29) is 23.3 Å². The fourth-order valence-electron chi connectivity index (χ4n) is 2.51. The minimum Gasteiger partial charge on any atom is -0.481 e. The van der Waals surface area contributed by atoms with Crippen LogP contribution in [0.2, 0.25) is 5.02 Å². The highest BCUT2D eigenvalue weighted by Gasteiger charge is 2.35. The Morgan fingerprint density at radius 3 is 2.62 bits per heavy atom. The fraction of sp³-hybridized carbons (Fsp3) is 0.150. The van der Waals surface area contributed by atoms with Gasteiger partial charge < -0.3 is 9.47 Å². The minimum atomic E-state index is -0.526. The van der Waals surface area contributed by atoms with Gasteiger partial charge in [0.1, 0.15) is 5.75 Å². The molecule has 2 aromatic rings. The highest BCUT2D eigenvalue weighted by atomic mass is 79.9. The fourth-order valence-corrected chi connectivity index (χ4v) is 3.84. The number of rotatable bonds is 6. The molecule has 2 aromatic carbocycles. The van der Waals surface area contributed by atoms with Crippen LogP contribution in [0.4, 0.5) is 4.79 Å². The molecule has 1 fully saturated rings. The van der Waals surface area contributed by atoms with Crippen molar-refractivity contribution in [3.63, 3.8) is 0 Å². The summed E-state index contributed by atoms with van der Waals surface area (Å²) in [6, 6.07) is 12.1. The van der Waals surface area contributed by atoms with Crippen molar-refractivity contribution in [1.29, 1.82) is 0 Å². The van der Waals surface area contributed by atoms with E-state index in [1.165, 1.54) is 12.0 Å². The summed E-state index contributed by atoms with van der Waals surface area (Å²) in [4.78, 5) is 37.9. The van der Waals surface area contributed by atoms with Crippen molar-refractivity contribution in [3.8, 4) is 5.75 Å². The SMILES string of the molecule is COC(=O)COc1ccc(Br)cc1/C=C1\SC(=O)N(Cc2ccc(Cl)cc2)C1=O. The van der Waals surface area contributed by atoms with Crippen LogP contribution in [0.1, 0.15) is 11.1 Å². The molecule has 3 rings (SSSR count). The lowest BCUT2D eigenvalue weighted by Crippen LogP contribution is -2.27. The minimum absolute atomic E-state index is 0.156.